The summed E-state index contributed by atoms with van der Waals surface area (Å²) in [7, 11) is 2.09. The molecular formula is C14H19N5O. The van der Waals surface area contributed by atoms with E-state index >= 15 is 0 Å². The van der Waals surface area contributed by atoms with Gasteiger partial charge in [-0.3, -0.25) is 9.20 Å². The Balaban J connectivity index is 1.90. The summed E-state index contributed by atoms with van der Waals surface area (Å²) in [5.74, 6) is 0.877. The number of hydrogen-bond donors (Lipinski definition) is 0. The lowest BCUT2D eigenvalue weighted by molar-refractivity contribution is 0.0533. The molecule has 0 N–H and O–H groups in total. The minimum atomic E-state index is 0.0839. The molecule has 1 fully saturated rings. The molecule has 0 aliphatic carbocycles. The third-order valence-corrected chi connectivity index (χ3v) is 3.91. The Morgan fingerprint density at radius 1 is 1.30 bits per heavy atom. The van der Waals surface area contributed by atoms with Crippen molar-refractivity contribution >= 4 is 11.6 Å². The fourth-order valence-corrected chi connectivity index (χ4v) is 2.74. The number of hydrogen-bond acceptors (Lipinski definition) is 4. The molecular weight excluding hydrogens is 254 g/mol. The largest absolute Gasteiger partial charge is 0.333 e. The van der Waals surface area contributed by atoms with Crippen LogP contribution in [-0.2, 0) is 0 Å². The highest BCUT2D eigenvalue weighted by Crippen LogP contribution is 2.14. The third kappa shape index (κ3) is 2.16. The van der Waals surface area contributed by atoms with E-state index in [0.717, 1.165) is 31.1 Å². The summed E-state index contributed by atoms with van der Waals surface area (Å²) in [4.78, 5) is 16.8. The van der Waals surface area contributed by atoms with E-state index in [9.17, 15) is 4.79 Å². The van der Waals surface area contributed by atoms with Gasteiger partial charge in [0.05, 0.1) is 5.56 Å². The van der Waals surface area contributed by atoms with E-state index in [-0.39, 0.29) is 11.9 Å². The van der Waals surface area contributed by atoms with Gasteiger partial charge in [-0.1, -0.05) is 0 Å². The van der Waals surface area contributed by atoms with Gasteiger partial charge in [-0.2, -0.15) is 0 Å². The smallest absolute Gasteiger partial charge is 0.255 e. The predicted octanol–water partition coefficient (Wildman–Crippen LogP) is 0.814. The number of aromatic nitrogens is 3. The summed E-state index contributed by atoms with van der Waals surface area (Å²) in [5, 5.41) is 8.05. The van der Waals surface area contributed by atoms with Gasteiger partial charge in [0.15, 0.2) is 5.65 Å². The lowest BCUT2D eigenvalue weighted by Crippen LogP contribution is -2.52. The van der Waals surface area contributed by atoms with Crippen LogP contribution in [0.5, 0.6) is 0 Å². The molecule has 0 radical (unpaired) electrons. The zero-order valence-electron chi connectivity index (χ0n) is 12.1. The van der Waals surface area contributed by atoms with Gasteiger partial charge in [-0.25, -0.2) is 0 Å². The SMILES string of the molecule is Cc1nnc2ccc(C(=O)N3CCN(C)C[C@@H]3C)cn12. The van der Waals surface area contributed by atoms with Crippen LogP contribution in [-0.4, -0.2) is 63.0 Å². The quantitative estimate of drug-likeness (QED) is 0.771. The van der Waals surface area contributed by atoms with Crippen molar-refractivity contribution in [2.24, 2.45) is 0 Å². The van der Waals surface area contributed by atoms with Crippen LogP contribution < -0.4 is 0 Å². The van der Waals surface area contributed by atoms with Crippen molar-refractivity contribution in [2.75, 3.05) is 26.7 Å². The summed E-state index contributed by atoms with van der Waals surface area (Å²) in [5.41, 5.74) is 1.46. The Morgan fingerprint density at radius 3 is 2.85 bits per heavy atom. The van der Waals surface area contributed by atoms with Gasteiger partial charge in [0.2, 0.25) is 0 Å². The number of carbonyl (C=O) groups excluding carboxylic acids is 1. The van der Waals surface area contributed by atoms with E-state index in [2.05, 4.69) is 29.1 Å². The van der Waals surface area contributed by atoms with E-state index < -0.39 is 0 Å². The molecule has 0 spiro atoms. The highest BCUT2D eigenvalue weighted by Gasteiger charge is 2.26. The maximum atomic E-state index is 12.6. The minimum Gasteiger partial charge on any atom is -0.333 e. The van der Waals surface area contributed by atoms with Crippen LogP contribution in [0.25, 0.3) is 5.65 Å². The van der Waals surface area contributed by atoms with Crippen LogP contribution in [0.4, 0.5) is 0 Å². The summed E-state index contributed by atoms with van der Waals surface area (Å²) < 4.78 is 1.86. The standard InChI is InChI=1S/C14H19N5O/c1-10-8-17(3)6-7-18(10)14(20)12-4-5-13-16-15-11(2)19(13)9-12/h4-5,9-10H,6-8H2,1-3H3/t10-/m0/s1. The molecule has 1 atom stereocenters. The lowest BCUT2D eigenvalue weighted by atomic mass is 10.1. The predicted molar refractivity (Wildman–Crippen MR) is 75.7 cm³/mol. The Labute approximate surface area is 118 Å². The van der Waals surface area contributed by atoms with Gasteiger partial charge < -0.3 is 9.80 Å². The normalized spacial score (nSPS) is 20.6. The first-order valence-corrected chi connectivity index (χ1v) is 6.87. The fourth-order valence-electron chi connectivity index (χ4n) is 2.74. The fraction of sp³-hybridized carbons (Fsp3) is 0.500. The first-order valence-electron chi connectivity index (χ1n) is 6.87. The molecule has 0 unspecified atom stereocenters. The monoisotopic (exact) mass is 273 g/mol. The van der Waals surface area contributed by atoms with Gasteiger partial charge in [-0.15, -0.1) is 10.2 Å². The maximum absolute atomic E-state index is 12.6. The van der Waals surface area contributed by atoms with Crippen molar-refractivity contribution < 1.29 is 4.79 Å². The van der Waals surface area contributed by atoms with Gasteiger partial charge in [-0.05, 0) is 33.0 Å². The number of amides is 1. The topological polar surface area (TPSA) is 53.7 Å². The number of carbonyl (C=O) groups is 1. The summed E-state index contributed by atoms with van der Waals surface area (Å²) in [6.07, 6.45) is 1.83. The molecule has 1 aliphatic rings. The van der Waals surface area contributed by atoms with E-state index in [1.165, 1.54) is 0 Å². The zero-order valence-corrected chi connectivity index (χ0v) is 12.1. The second-order valence-corrected chi connectivity index (χ2v) is 5.50. The van der Waals surface area contributed by atoms with Crippen LogP contribution in [0.1, 0.15) is 23.1 Å². The Bertz CT molecular complexity index is 650. The number of pyridine rings is 1. The van der Waals surface area contributed by atoms with Gasteiger partial charge in [0.25, 0.3) is 5.91 Å². The van der Waals surface area contributed by atoms with Crippen molar-refractivity contribution in [1.82, 2.24) is 24.4 Å². The first-order chi connectivity index (χ1) is 9.56. The molecule has 6 nitrogen and oxygen atoms in total. The summed E-state index contributed by atoms with van der Waals surface area (Å²) >= 11 is 0. The number of rotatable bonds is 1. The summed E-state index contributed by atoms with van der Waals surface area (Å²) in [6.45, 7) is 6.59. The first kappa shape index (κ1) is 13.1. The molecule has 1 amide bonds. The van der Waals surface area contributed by atoms with Crippen molar-refractivity contribution in [3.05, 3.63) is 29.7 Å². The number of fused-ring (bicyclic) bond motifs is 1. The molecule has 3 heterocycles. The Hall–Kier alpha value is -1.95. The number of piperazine rings is 1. The molecule has 0 aromatic carbocycles. The van der Waals surface area contributed by atoms with Crippen LogP contribution in [0.15, 0.2) is 18.3 Å². The van der Waals surface area contributed by atoms with Crippen molar-refractivity contribution in [3.8, 4) is 0 Å². The highest BCUT2D eigenvalue weighted by molar-refractivity contribution is 5.94. The molecule has 106 valence electrons. The van der Waals surface area contributed by atoms with Gasteiger partial charge >= 0.3 is 0 Å². The van der Waals surface area contributed by atoms with Crippen molar-refractivity contribution in [3.63, 3.8) is 0 Å². The molecule has 2 aromatic heterocycles. The van der Waals surface area contributed by atoms with Gasteiger partial charge in [0, 0.05) is 31.9 Å². The van der Waals surface area contributed by atoms with Crippen LogP contribution in [0, 0.1) is 6.92 Å². The maximum Gasteiger partial charge on any atom is 0.255 e. The average molecular weight is 273 g/mol. The molecule has 20 heavy (non-hydrogen) atoms. The molecule has 1 aliphatic heterocycles. The minimum absolute atomic E-state index is 0.0839. The zero-order chi connectivity index (χ0) is 14.3. The van der Waals surface area contributed by atoms with E-state index in [4.69, 9.17) is 0 Å². The molecule has 1 saturated heterocycles. The van der Waals surface area contributed by atoms with Gasteiger partial charge in [0.1, 0.15) is 5.82 Å². The van der Waals surface area contributed by atoms with E-state index in [1.807, 2.05) is 34.6 Å². The van der Waals surface area contributed by atoms with E-state index in [1.54, 1.807) is 0 Å². The van der Waals surface area contributed by atoms with E-state index in [0.29, 0.717) is 5.56 Å². The Kier molecular flexibility index (Phi) is 3.17. The molecule has 3 rings (SSSR count). The molecule has 2 aromatic rings. The summed E-state index contributed by atoms with van der Waals surface area (Å²) in [6, 6.07) is 3.91. The van der Waals surface area contributed by atoms with Crippen LogP contribution in [0.2, 0.25) is 0 Å². The average Bonchev–Trinajstić information content (AvgIpc) is 2.79. The molecule has 0 bridgehead atoms. The number of nitrogens with zero attached hydrogens (tertiary/aromatic N) is 5. The molecule has 6 heteroatoms. The van der Waals surface area contributed by atoms with Crippen LogP contribution in [0.3, 0.4) is 0 Å². The second-order valence-electron chi connectivity index (χ2n) is 5.50. The van der Waals surface area contributed by atoms with Crippen molar-refractivity contribution in [2.45, 2.75) is 19.9 Å². The second kappa shape index (κ2) is 4.86. The van der Waals surface area contributed by atoms with Crippen molar-refractivity contribution in [1.29, 1.82) is 0 Å². The third-order valence-electron chi connectivity index (χ3n) is 3.91. The Morgan fingerprint density at radius 2 is 2.10 bits per heavy atom. The van der Waals surface area contributed by atoms with Crippen LogP contribution >= 0.6 is 0 Å². The highest BCUT2D eigenvalue weighted by atomic mass is 16.2. The number of aryl methyl sites for hydroxylation is 1. The lowest BCUT2D eigenvalue weighted by Gasteiger charge is -2.38. The molecule has 0 saturated carbocycles. The number of likely N-dealkylation sites (N-methyl/N-ethyl adjacent to an activating group) is 1.